The molecule has 36 heavy (non-hydrogen) atoms. The SMILES string of the molecule is CCCCOC(=O)[C@H](CCc1ccccc1)N[C@H]1CC[C@H](c2ccccc2)CN(CC(=O)O)C1=O.Cl. The lowest BCUT2D eigenvalue weighted by molar-refractivity contribution is -0.148. The fraction of sp³-hybridized carbons (Fsp3) is 0.464. The molecule has 0 aliphatic carbocycles. The first-order valence-corrected chi connectivity index (χ1v) is 12.5. The summed E-state index contributed by atoms with van der Waals surface area (Å²) in [6.45, 7) is 2.35. The Hall–Kier alpha value is -2.90. The first-order valence-electron chi connectivity index (χ1n) is 12.5. The summed E-state index contributed by atoms with van der Waals surface area (Å²) in [7, 11) is 0. The number of amides is 1. The Bertz CT molecular complexity index is 957. The van der Waals surface area contributed by atoms with Crippen molar-refractivity contribution in [2.75, 3.05) is 19.7 Å². The molecule has 0 unspecified atom stereocenters. The summed E-state index contributed by atoms with van der Waals surface area (Å²) in [4.78, 5) is 39.3. The second-order valence-corrected chi connectivity index (χ2v) is 9.11. The van der Waals surface area contributed by atoms with Crippen LogP contribution in [0.25, 0.3) is 0 Å². The number of rotatable bonds is 12. The Morgan fingerprint density at radius 2 is 1.75 bits per heavy atom. The van der Waals surface area contributed by atoms with E-state index in [0.717, 1.165) is 24.0 Å². The molecule has 196 valence electrons. The number of hydrogen-bond acceptors (Lipinski definition) is 5. The van der Waals surface area contributed by atoms with E-state index in [9.17, 15) is 19.5 Å². The smallest absolute Gasteiger partial charge is 0.323 e. The van der Waals surface area contributed by atoms with Crippen molar-refractivity contribution in [1.82, 2.24) is 10.2 Å². The van der Waals surface area contributed by atoms with Gasteiger partial charge in [0, 0.05) is 12.5 Å². The van der Waals surface area contributed by atoms with Crippen LogP contribution in [0, 0.1) is 0 Å². The number of carbonyl (C=O) groups is 3. The molecule has 0 spiro atoms. The standard InChI is InChI=1S/C28H36N2O5.ClH/c1-2-3-18-35-28(34)25(16-14-21-10-6-4-7-11-21)29-24-17-15-23(22-12-8-5-9-13-22)19-30(27(24)33)20-26(31)32;/h4-13,23-25,29H,2-3,14-20H2,1H3,(H,31,32);1H/t23-,24-,25-;/m0./s1. The number of unbranched alkanes of at least 4 members (excludes halogenated alkanes) is 1. The van der Waals surface area contributed by atoms with E-state index in [1.807, 2.05) is 67.6 Å². The summed E-state index contributed by atoms with van der Waals surface area (Å²) in [6, 6.07) is 18.4. The number of benzene rings is 2. The van der Waals surface area contributed by atoms with E-state index in [-0.39, 0.29) is 36.7 Å². The van der Waals surface area contributed by atoms with Gasteiger partial charge >= 0.3 is 11.9 Å². The predicted molar refractivity (Wildman–Crippen MR) is 141 cm³/mol. The zero-order chi connectivity index (χ0) is 25.0. The molecule has 0 saturated carbocycles. The molecule has 2 aromatic rings. The molecule has 2 N–H and O–H groups in total. The third kappa shape index (κ3) is 8.95. The predicted octanol–water partition coefficient (Wildman–Crippen LogP) is 4.20. The van der Waals surface area contributed by atoms with Crippen LogP contribution in [0.2, 0.25) is 0 Å². The third-order valence-corrected chi connectivity index (χ3v) is 6.45. The second kappa shape index (κ2) is 15.3. The zero-order valence-electron chi connectivity index (χ0n) is 20.8. The number of nitrogens with one attached hydrogen (secondary N) is 1. The molecule has 3 rings (SSSR count). The number of carboxylic acids is 1. The first kappa shape index (κ1) is 29.3. The van der Waals surface area contributed by atoms with Gasteiger partial charge in [-0.1, -0.05) is 74.0 Å². The molecule has 7 nitrogen and oxygen atoms in total. The van der Waals surface area contributed by atoms with Gasteiger partial charge in [-0.25, -0.2) is 0 Å². The highest BCUT2D eigenvalue weighted by Crippen LogP contribution is 2.27. The Kier molecular flexibility index (Phi) is 12.4. The minimum Gasteiger partial charge on any atom is -0.480 e. The van der Waals surface area contributed by atoms with E-state index in [4.69, 9.17) is 4.74 Å². The van der Waals surface area contributed by atoms with Crippen molar-refractivity contribution >= 4 is 30.3 Å². The van der Waals surface area contributed by atoms with Crippen molar-refractivity contribution in [3.05, 3.63) is 71.8 Å². The van der Waals surface area contributed by atoms with Crippen LogP contribution >= 0.6 is 12.4 Å². The van der Waals surface area contributed by atoms with Gasteiger partial charge in [0.15, 0.2) is 0 Å². The summed E-state index contributed by atoms with van der Waals surface area (Å²) in [6.07, 6.45) is 4.07. The van der Waals surface area contributed by atoms with E-state index in [1.165, 1.54) is 4.90 Å². The molecule has 0 bridgehead atoms. The Balaban J connectivity index is 0.00000456. The van der Waals surface area contributed by atoms with Crippen LogP contribution < -0.4 is 5.32 Å². The lowest BCUT2D eigenvalue weighted by Gasteiger charge is -2.27. The van der Waals surface area contributed by atoms with Gasteiger partial charge in [0.25, 0.3) is 0 Å². The number of esters is 1. The van der Waals surface area contributed by atoms with Gasteiger partial charge in [-0.15, -0.1) is 12.4 Å². The monoisotopic (exact) mass is 516 g/mol. The van der Waals surface area contributed by atoms with Crippen molar-refractivity contribution in [2.24, 2.45) is 0 Å². The second-order valence-electron chi connectivity index (χ2n) is 9.11. The van der Waals surface area contributed by atoms with Crippen LogP contribution in [0.1, 0.15) is 56.1 Å². The highest BCUT2D eigenvalue weighted by Gasteiger charge is 2.35. The van der Waals surface area contributed by atoms with Crippen LogP contribution in [0.4, 0.5) is 0 Å². The van der Waals surface area contributed by atoms with Gasteiger partial charge in [0.2, 0.25) is 5.91 Å². The van der Waals surface area contributed by atoms with E-state index in [1.54, 1.807) is 0 Å². The molecule has 1 amide bonds. The number of nitrogens with zero attached hydrogens (tertiary/aromatic N) is 1. The fourth-order valence-corrected chi connectivity index (χ4v) is 4.50. The van der Waals surface area contributed by atoms with Crippen molar-refractivity contribution < 1.29 is 24.2 Å². The number of halogens is 1. The maximum atomic E-state index is 13.4. The van der Waals surface area contributed by atoms with Crippen LogP contribution in [-0.4, -0.2) is 59.6 Å². The zero-order valence-corrected chi connectivity index (χ0v) is 21.6. The van der Waals surface area contributed by atoms with Gasteiger partial charge in [0.1, 0.15) is 12.6 Å². The van der Waals surface area contributed by atoms with Crippen molar-refractivity contribution in [3.8, 4) is 0 Å². The number of aliphatic carboxylic acids is 1. The third-order valence-electron chi connectivity index (χ3n) is 6.45. The summed E-state index contributed by atoms with van der Waals surface area (Å²) >= 11 is 0. The van der Waals surface area contributed by atoms with E-state index in [2.05, 4.69) is 5.32 Å². The molecule has 1 aliphatic heterocycles. The number of likely N-dealkylation sites (tertiary alicyclic amines) is 1. The highest BCUT2D eigenvalue weighted by atomic mass is 35.5. The largest absolute Gasteiger partial charge is 0.480 e. The van der Waals surface area contributed by atoms with Gasteiger partial charge in [-0.05, 0) is 43.2 Å². The number of carboxylic acid groups (broad SMARTS) is 1. The van der Waals surface area contributed by atoms with Gasteiger partial charge < -0.3 is 14.7 Å². The minimum atomic E-state index is -1.05. The topological polar surface area (TPSA) is 95.9 Å². The molecular weight excluding hydrogens is 480 g/mol. The summed E-state index contributed by atoms with van der Waals surface area (Å²) in [5.41, 5.74) is 2.18. The van der Waals surface area contributed by atoms with Crippen molar-refractivity contribution in [3.63, 3.8) is 0 Å². The summed E-state index contributed by atoms with van der Waals surface area (Å²) in [5.74, 6) is -1.66. The van der Waals surface area contributed by atoms with E-state index in [0.29, 0.717) is 38.8 Å². The van der Waals surface area contributed by atoms with Gasteiger partial charge in [-0.2, -0.15) is 0 Å². The molecule has 0 radical (unpaired) electrons. The lowest BCUT2D eigenvalue weighted by atomic mass is 9.93. The number of ether oxygens (including phenoxy) is 1. The first-order chi connectivity index (χ1) is 17.0. The molecule has 1 aliphatic rings. The molecule has 1 fully saturated rings. The Labute approximate surface area is 219 Å². The van der Waals surface area contributed by atoms with Crippen LogP contribution in [0.3, 0.4) is 0 Å². The average Bonchev–Trinajstić information content (AvgIpc) is 3.01. The molecule has 2 aromatic carbocycles. The van der Waals surface area contributed by atoms with Crippen LogP contribution in [-0.2, 0) is 25.5 Å². The van der Waals surface area contributed by atoms with Gasteiger partial charge in [0.05, 0.1) is 12.6 Å². The fourth-order valence-electron chi connectivity index (χ4n) is 4.50. The highest BCUT2D eigenvalue weighted by molar-refractivity contribution is 5.86. The summed E-state index contributed by atoms with van der Waals surface area (Å²) in [5, 5.41) is 12.7. The van der Waals surface area contributed by atoms with Gasteiger partial charge in [-0.3, -0.25) is 19.7 Å². The quantitative estimate of drug-likeness (QED) is 0.324. The van der Waals surface area contributed by atoms with E-state index >= 15 is 0 Å². The maximum absolute atomic E-state index is 13.4. The average molecular weight is 517 g/mol. The van der Waals surface area contributed by atoms with Crippen molar-refractivity contribution in [2.45, 2.75) is 63.5 Å². The molecule has 0 aromatic heterocycles. The molecule has 1 heterocycles. The van der Waals surface area contributed by atoms with Crippen molar-refractivity contribution in [1.29, 1.82) is 0 Å². The molecule has 3 atom stereocenters. The number of hydrogen-bond donors (Lipinski definition) is 2. The Morgan fingerprint density at radius 1 is 1.08 bits per heavy atom. The van der Waals surface area contributed by atoms with Crippen LogP contribution in [0.5, 0.6) is 0 Å². The molecule has 8 heteroatoms. The Morgan fingerprint density at radius 3 is 2.39 bits per heavy atom. The number of carbonyl (C=O) groups excluding carboxylic acids is 2. The van der Waals surface area contributed by atoms with Crippen LogP contribution in [0.15, 0.2) is 60.7 Å². The number of aryl methyl sites for hydroxylation is 1. The minimum absolute atomic E-state index is 0. The normalized spacial score (nSPS) is 18.6. The summed E-state index contributed by atoms with van der Waals surface area (Å²) < 4.78 is 5.50. The van der Waals surface area contributed by atoms with E-state index < -0.39 is 18.1 Å². The lowest BCUT2D eigenvalue weighted by Crippen LogP contribution is -2.52. The molecular formula is C28H37ClN2O5. The molecule has 1 saturated heterocycles. The maximum Gasteiger partial charge on any atom is 0.323 e.